The average molecular weight is 304 g/mol. The summed E-state index contributed by atoms with van der Waals surface area (Å²) in [5, 5.41) is 0.286. The molecule has 0 atom stereocenters. The van der Waals surface area contributed by atoms with Gasteiger partial charge in [-0.1, -0.05) is 84.0 Å². The second-order valence-corrected chi connectivity index (χ2v) is 9.01. The van der Waals surface area contributed by atoms with E-state index in [-0.39, 0.29) is 10.6 Å². The lowest BCUT2D eigenvalue weighted by Gasteiger charge is -2.33. The smallest absolute Gasteiger partial charge is 0.0632 e. The second-order valence-electron chi connectivity index (χ2n) is 9.01. The molecule has 0 unspecified atom stereocenters. The van der Waals surface area contributed by atoms with Crippen molar-refractivity contribution in [2.75, 3.05) is 0 Å². The van der Waals surface area contributed by atoms with Crippen molar-refractivity contribution in [1.82, 2.24) is 0 Å². The molecule has 23 heavy (non-hydrogen) atoms. The van der Waals surface area contributed by atoms with Crippen LogP contribution in [0.25, 0.3) is 11.1 Å². The third kappa shape index (κ3) is 3.91. The summed E-state index contributed by atoms with van der Waals surface area (Å²) in [5.41, 5.74) is 7.14. The van der Waals surface area contributed by atoms with Gasteiger partial charge in [0.2, 0.25) is 0 Å². The summed E-state index contributed by atoms with van der Waals surface area (Å²) < 4.78 is 0. The summed E-state index contributed by atoms with van der Waals surface area (Å²) in [6.07, 6.45) is 0. The summed E-state index contributed by atoms with van der Waals surface area (Å²) in [4.78, 5) is 0. The van der Waals surface area contributed by atoms with E-state index in [4.69, 9.17) is 0 Å². The Kier molecular flexibility index (Phi) is 4.85. The van der Waals surface area contributed by atoms with Crippen molar-refractivity contribution in [2.45, 2.75) is 58.1 Å². The van der Waals surface area contributed by atoms with E-state index < -0.39 is 0 Å². The van der Waals surface area contributed by atoms with Crippen molar-refractivity contribution >= 4 is 15.7 Å². The van der Waals surface area contributed by atoms with Gasteiger partial charge in [0.05, 0.1) is 0 Å². The Hall–Kier alpha value is -1.43. The molecule has 0 aromatic heterocycles. The van der Waals surface area contributed by atoms with Crippen molar-refractivity contribution in [3.8, 4) is 11.1 Å². The highest BCUT2D eigenvalue weighted by atomic mass is 14.3. The van der Waals surface area contributed by atoms with Gasteiger partial charge in [0, 0.05) is 0 Å². The molecule has 0 amide bonds. The average Bonchev–Trinajstić information content (AvgIpc) is 2.45. The van der Waals surface area contributed by atoms with Crippen LogP contribution in [-0.2, 0) is 10.6 Å². The SMILES string of the molecule is BC(C)(C)c1cc(-c2ccccc2)cc(C(B)(C)C)c1C(C)C. The van der Waals surface area contributed by atoms with Crippen LogP contribution >= 0.6 is 0 Å². The Labute approximate surface area is 144 Å². The molecule has 0 aliphatic carbocycles. The van der Waals surface area contributed by atoms with Crippen molar-refractivity contribution in [1.29, 1.82) is 0 Å². The van der Waals surface area contributed by atoms with Gasteiger partial charge in [-0.2, -0.15) is 0 Å². The molecule has 0 saturated carbocycles. The topological polar surface area (TPSA) is 0 Å². The first kappa shape index (κ1) is 17.9. The zero-order chi connectivity index (χ0) is 17.4. The molecule has 2 aromatic rings. The lowest BCUT2D eigenvalue weighted by Crippen LogP contribution is -2.26. The molecule has 0 bridgehead atoms. The van der Waals surface area contributed by atoms with E-state index >= 15 is 0 Å². The quantitative estimate of drug-likeness (QED) is 0.742. The molecule has 120 valence electrons. The minimum atomic E-state index is 0.143. The molecular weight excluding hydrogens is 274 g/mol. The first-order valence-electron chi connectivity index (χ1n) is 8.76. The van der Waals surface area contributed by atoms with Gasteiger partial charge in [0.1, 0.15) is 15.7 Å². The Bertz CT molecular complexity index is 636. The second kappa shape index (κ2) is 6.23. The summed E-state index contributed by atoms with van der Waals surface area (Å²) in [6, 6.07) is 15.6. The third-order valence-electron chi connectivity index (χ3n) is 4.48. The van der Waals surface area contributed by atoms with Crippen LogP contribution in [0.4, 0.5) is 0 Å². The fourth-order valence-corrected chi connectivity index (χ4v) is 3.31. The normalized spacial score (nSPS) is 12.7. The van der Waals surface area contributed by atoms with Gasteiger partial charge < -0.3 is 0 Å². The lowest BCUT2D eigenvalue weighted by atomic mass is 9.59. The summed E-state index contributed by atoms with van der Waals surface area (Å²) in [6.45, 7) is 14.0. The third-order valence-corrected chi connectivity index (χ3v) is 4.48. The van der Waals surface area contributed by atoms with Crippen LogP contribution in [0.2, 0.25) is 0 Å². The zero-order valence-electron chi connectivity index (χ0n) is 16.1. The molecule has 0 spiro atoms. The van der Waals surface area contributed by atoms with Gasteiger partial charge in [-0.05, 0) is 44.4 Å². The van der Waals surface area contributed by atoms with Crippen molar-refractivity contribution < 1.29 is 0 Å². The molecule has 0 nitrogen and oxygen atoms in total. The first-order valence-corrected chi connectivity index (χ1v) is 8.76. The van der Waals surface area contributed by atoms with E-state index in [1.807, 2.05) is 0 Å². The molecule has 0 aliphatic heterocycles. The Morgan fingerprint density at radius 3 is 1.52 bits per heavy atom. The summed E-state index contributed by atoms with van der Waals surface area (Å²) in [5.74, 6) is 0.531. The molecule has 0 radical (unpaired) electrons. The monoisotopic (exact) mass is 304 g/mol. The van der Waals surface area contributed by atoms with Crippen LogP contribution in [0.15, 0.2) is 42.5 Å². The minimum absolute atomic E-state index is 0.143. The molecule has 2 aromatic carbocycles. The van der Waals surface area contributed by atoms with E-state index in [1.54, 1.807) is 0 Å². The highest BCUT2D eigenvalue weighted by molar-refractivity contribution is 6.17. The standard InChI is InChI=1S/C21H30B2/c1-14(2)19-17(20(3,4)22)12-16(13-18(19)21(5,6)23)15-10-8-7-9-11-15/h7-14H,22-23H2,1-6H3. The molecule has 0 aliphatic rings. The number of hydrogen-bond donors (Lipinski definition) is 0. The van der Waals surface area contributed by atoms with Crippen LogP contribution in [0, 0.1) is 0 Å². The number of hydrogen-bond acceptors (Lipinski definition) is 0. The van der Waals surface area contributed by atoms with Crippen LogP contribution in [0.3, 0.4) is 0 Å². The maximum Gasteiger partial charge on any atom is 0.114 e. The maximum absolute atomic E-state index is 2.42. The van der Waals surface area contributed by atoms with Crippen molar-refractivity contribution in [3.63, 3.8) is 0 Å². The predicted molar refractivity (Wildman–Crippen MR) is 109 cm³/mol. The maximum atomic E-state index is 2.42. The molecule has 0 fully saturated rings. The van der Waals surface area contributed by atoms with E-state index in [1.165, 1.54) is 27.8 Å². The predicted octanol–water partition coefficient (Wildman–Crippen LogP) is 4.21. The Morgan fingerprint density at radius 2 is 1.17 bits per heavy atom. The first-order chi connectivity index (χ1) is 10.5. The fraction of sp³-hybridized carbons (Fsp3) is 0.429. The Balaban J connectivity index is 2.84. The molecule has 0 saturated heterocycles. The van der Waals surface area contributed by atoms with Gasteiger partial charge in [-0.3, -0.25) is 0 Å². The van der Waals surface area contributed by atoms with Crippen LogP contribution in [-0.4, -0.2) is 15.7 Å². The van der Waals surface area contributed by atoms with Crippen LogP contribution < -0.4 is 0 Å². The molecule has 0 heterocycles. The van der Waals surface area contributed by atoms with Crippen LogP contribution in [0.1, 0.15) is 64.2 Å². The summed E-state index contributed by atoms with van der Waals surface area (Å²) >= 11 is 0. The molecule has 0 N–H and O–H groups in total. The van der Waals surface area contributed by atoms with Gasteiger partial charge in [-0.15, -0.1) is 0 Å². The van der Waals surface area contributed by atoms with E-state index in [0.717, 1.165) is 0 Å². The Morgan fingerprint density at radius 1 is 0.739 bits per heavy atom. The van der Waals surface area contributed by atoms with Gasteiger partial charge in [0.25, 0.3) is 0 Å². The minimum Gasteiger partial charge on any atom is -0.0632 e. The lowest BCUT2D eigenvalue weighted by molar-refractivity contribution is 0.684. The van der Waals surface area contributed by atoms with Gasteiger partial charge in [0.15, 0.2) is 0 Å². The van der Waals surface area contributed by atoms with E-state index in [2.05, 4.69) is 99.7 Å². The summed E-state index contributed by atoms with van der Waals surface area (Å²) in [7, 11) is 4.66. The molecular formula is C21H30B2. The highest BCUT2D eigenvalue weighted by Crippen LogP contribution is 2.39. The van der Waals surface area contributed by atoms with Crippen LogP contribution in [0.5, 0.6) is 0 Å². The largest absolute Gasteiger partial charge is 0.114 e. The van der Waals surface area contributed by atoms with E-state index in [0.29, 0.717) is 5.92 Å². The number of rotatable bonds is 4. The van der Waals surface area contributed by atoms with Gasteiger partial charge >= 0.3 is 0 Å². The number of benzene rings is 2. The van der Waals surface area contributed by atoms with Gasteiger partial charge in [-0.25, -0.2) is 0 Å². The zero-order valence-corrected chi connectivity index (χ0v) is 16.1. The van der Waals surface area contributed by atoms with Crippen molar-refractivity contribution in [2.24, 2.45) is 0 Å². The van der Waals surface area contributed by atoms with E-state index in [9.17, 15) is 0 Å². The fourth-order valence-electron chi connectivity index (χ4n) is 3.31. The highest BCUT2D eigenvalue weighted by Gasteiger charge is 2.27. The van der Waals surface area contributed by atoms with Crippen molar-refractivity contribution in [3.05, 3.63) is 59.2 Å². The molecule has 2 heteroatoms. The molecule has 2 rings (SSSR count).